The molecule has 0 radical (unpaired) electrons. The fourth-order valence-electron chi connectivity index (χ4n) is 3.36. The van der Waals surface area contributed by atoms with E-state index in [1.165, 1.54) is 0 Å². The molecule has 1 aromatic carbocycles. The van der Waals surface area contributed by atoms with E-state index in [0.717, 1.165) is 49.6 Å². The summed E-state index contributed by atoms with van der Waals surface area (Å²) in [5.41, 5.74) is 1.12. The minimum Gasteiger partial charge on any atom is -0.342 e. The number of nitrogens with zero attached hydrogens (tertiary/aromatic N) is 3. The molecular formula is C18H24N4O. The molecule has 1 N–H and O–H groups in total. The maximum Gasteiger partial charge on any atom is 0.230 e. The zero-order valence-electron chi connectivity index (χ0n) is 13.8. The summed E-state index contributed by atoms with van der Waals surface area (Å²) < 4.78 is 0. The van der Waals surface area contributed by atoms with Gasteiger partial charge >= 0.3 is 0 Å². The Kier molecular flexibility index (Phi) is 4.74. The Hall–Kier alpha value is -2.17. The molecule has 1 saturated heterocycles. The second-order valence-electron chi connectivity index (χ2n) is 6.25. The minimum absolute atomic E-state index is 0.0292. The molecule has 0 spiro atoms. The number of likely N-dealkylation sites (tertiary alicyclic amines) is 1. The second kappa shape index (κ2) is 6.94. The first kappa shape index (κ1) is 15.7. The minimum atomic E-state index is -0.0292. The lowest BCUT2D eigenvalue weighted by Crippen LogP contribution is -2.40. The topological polar surface area (TPSA) is 61.9 Å². The van der Waals surface area contributed by atoms with Crippen molar-refractivity contribution in [1.29, 1.82) is 0 Å². The van der Waals surface area contributed by atoms with Crippen LogP contribution in [0.2, 0.25) is 0 Å². The number of H-pyrrole nitrogens is 1. The van der Waals surface area contributed by atoms with Crippen molar-refractivity contribution in [1.82, 2.24) is 20.1 Å². The largest absolute Gasteiger partial charge is 0.342 e. The Morgan fingerprint density at radius 2 is 2.00 bits per heavy atom. The van der Waals surface area contributed by atoms with E-state index in [2.05, 4.69) is 34.2 Å². The van der Waals surface area contributed by atoms with E-state index in [1.54, 1.807) is 0 Å². The average Bonchev–Trinajstić information content (AvgIpc) is 3.03. The van der Waals surface area contributed by atoms with E-state index in [0.29, 0.717) is 5.92 Å². The van der Waals surface area contributed by atoms with E-state index >= 15 is 0 Å². The van der Waals surface area contributed by atoms with E-state index in [1.807, 2.05) is 30.0 Å². The molecule has 0 bridgehead atoms. The Bertz CT molecular complexity index is 644. The summed E-state index contributed by atoms with van der Waals surface area (Å²) in [6.07, 6.45) is 2.71. The maximum atomic E-state index is 12.9. The first-order valence-corrected chi connectivity index (χ1v) is 8.41. The van der Waals surface area contributed by atoms with Gasteiger partial charge in [0.1, 0.15) is 5.82 Å². The molecule has 5 nitrogen and oxygen atoms in total. The number of benzene rings is 1. The van der Waals surface area contributed by atoms with Gasteiger partial charge < -0.3 is 4.90 Å². The predicted molar refractivity (Wildman–Crippen MR) is 89.1 cm³/mol. The zero-order chi connectivity index (χ0) is 16.2. The fraction of sp³-hybridized carbons (Fsp3) is 0.500. The highest BCUT2D eigenvalue weighted by atomic mass is 16.2. The molecule has 2 heterocycles. The van der Waals surface area contributed by atoms with Gasteiger partial charge in [-0.25, -0.2) is 4.98 Å². The summed E-state index contributed by atoms with van der Waals surface area (Å²) >= 11 is 0. The van der Waals surface area contributed by atoms with Crippen LogP contribution in [0.15, 0.2) is 30.3 Å². The van der Waals surface area contributed by atoms with Gasteiger partial charge in [-0.1, -0.05) is 37.3 Å². The van der Waals surface area contributed by atoms with Crippen LogP contribution in [-0.2, 0) is 4.79 Å². The van der Waals surface area contributed by atoms with Crippen molar-refractivity contribution in [3.05, 3.63) is 47.5 Å². The maximum absolute atomic E-state index is 12.9. The molecule has 1 atom stereocenters. The van der Waals surface area contributed by atoms with Gasteiger partial charge in [0, 0.05) is 19.0 Å². The molecule has 2 aromatic rings. The highest BCUT2D eigenvalue weighted by Gasteiger charge is 2.29. The zero-order valence-corrected chi connectivity index (χ0v) is 13.8. The quantitative estimate of drug-likeness (QED) is 0.944. The number of carbonyl (C=O) groups excluding carboxylic acids is 1. The SMILES string of the molecule is CCC(C(=O)N1CCC(c2n[nH]c(C)n2)CC1)c1ccccc1. The van der Waals surface area contributed by atoms with Crippen LogP contribution in [0, 0.1) is 6.92 Å². The lowest BCUT2D eigenvalue weighted by atomic mass is 9.91. The molecule has 23 heavy (non-hydrogen) atoms. The summed E-state index contributed by atoms with van der Waals surface area (Å²) in [5, 5.41) is 7.18. The Labute approximate surface area is 137 Å². The van der Waals surface area contributed by atoms with Gasteiger partial charge in [0.05, 0.1) is 5.92 Å². The van der Waals surface area contributed by atoms with Crippen LogP contribution < -0.4 is 0 Å². The molecule has 0 aliphatic carbocycles. The number of carbonyl (C=O) groups is 1. The van der Waals surface area contributed by atoms with Gasteiger partial charge in [0.15, 0.2) is 5.82 Å². The third-order valence-corrected chi connectivity index (χ3v) is 4.69. The van der Waals surface area contributed by atoms with Crippen LogP contribution in [0.3, 0.4) is 0 Å². The standard InChI is InChI=1S/C18H24N4O/c1-3-16(14-7-5-4-6-8-14)18(23)22-11-9-15(10-12-22)17-19-13(2)20-21-17/h4-8,15-16H,3,9-12H2,1-2H3,(H,19,20,21). The Balaban J connectivity index is 1.63. The fourth-order valence-corrected chi connectivity index (χ4v) is 3.36. The molecule has 5 heteroatoms. The lowest BCUT2D eigenvalue weighted by molar-refractivity contribution is -0.134. The summed E-state index contributed by atoms with van der Waals surface area (Å²) in [4.78, 5) is 19.3. The Morgan fingerprint density at radius 3 is 2.57 bits per heavy atom. The van der Waals surface area contributed by atoms with Gasteiger partial charge in [-0.05, 0) is 31.7 Å². The van der Waals surface area contributed by atoms with Crippen molar-refractivity contribution < 1.29 is 4.79 Å². The van der Waals surface area contributed by atoms with Crippen molar-refractivity contribution in [2.24, 2.45) is 0 Å². The Morgan fingerprint density at radius 1 is 1.30 bits per heavy atom. The van der Waals surface area contributed by atoms with Crippen LogP contribution in [-0.4, -0.2) is 39.1 Å². The number of hydrogen-bond acceptors (Lipinski definition) is 3. The normalized spacial score (nSPS) is 17.2. The summed E-state index contributed by atoms with van der Waals surface area (Å²) in [6, 6.07) is 10.1. The van der Waals surface area contributed by atoms with Crippen molar-refractivity contribution in [3.63, 3.8) is 0 Å². The summed E-state index contributed by atoms with van der Waals surface area (Å²) in [6.45, 7) is 5.58. The van der Waals surface area contributed by atoms with Crippen molar-refractivity contribution >= 4 is 5.91 Å². The molecule has 0 saturated carbocycles. The van der Waals surface area contributed by atoms with Crippen molar-refractivity contribution in [2.45, 2.75) is 44.9 Å². The van der Waals surface area contributed by atoms with Gasteiger partial charge in [-0.15, -0.1) is 0 Å². The third-order valence-electron chi connectivity index (χ3n) is 4.69. The van der Waals surface area contributed by atoms with E-state index in [-0.39, 0.29) is 11.8 Å². The van der Waals surface area contributed by atoms with Crippen LogP contribution in [0.1, 0.15) is 55.2 Å². The summed E-state index contributed by atoms with van der Waals surface area (Å²) in [7, 11) is 0. The van der Waals surface area contributed by atoms with E-state index in [9.17, 15) is 4.79 Å². The van der Waals surface area contributed by atoms with Gasteiger partial charge in [-0.3, -0.25) is 9.89 Å². The molecule has 122 valence electrons. The smallest absolute Gasteiger partial charge is 0.230 e. The molecular weight excluding hydrogens is 288 g/mol. The number of aromatic amines is 1. The number of rotatable bonds is 4. The average molecular weight is 312 g/mol. The molecule has 1 aliphatic heterocycles. The van der Waals surface area contributed by atoms with Crippen LogP contribution >= 0.6 is 0 Å². The number of piperidine rings is 1. The first-order valence-electron chi connectivity index (χ1n) is 8.41. The molecule has 3 rings (SSSR count). The van der Waals surface area contributed by atoms with E-state index in [4.69, 9.17) is 0 Å². The van der Waals surface area contributed by atoms with Gasteiger partial charge in [0.25, 0.3) is 0 Å². The monoisotopic (exact) mass is 312 g/mol. The number of hydrogen-bond donors (Lipinski definition) is 1. The van der Waals surface area contributed by atoms with Crippen LogP contribution in [0.5, 0.6) is 0 Å². The molecule has 1 fully saturated rings. The van der Waals surface area contributed by atoms with Gasteiger partial charge in [-0.2, -0.15) is 5.10 Å². The molecule has 1 aliphatic rings. The van der Waals surface area contributed by atoms with Crippen LogP contribution in [0.25, 0.3) is 0 Å². The molecule has 1 aromatic heterocycles. The van der Waals surface area contributed by atoms with Gasteiger partial charge in [0.2, 0.25) is 5.91 Å². The van der Waals surface area contributed by atoms with Crippen LogP contribution in [0.4, 0.5) is 0 Å². The van der Waals surface area contributed by atoms with Crippen molar-refractivity contribution in [3.8, 4) is 0 Å². The van der Waals surface area contributed by atoms with Crippen molar-refractivity contribution in [2.75, 3.05) is 13.1 Å². The number of nitrogens with one attached hydrogen (secondary N) is 1. The van der Waals surface area contributed by atoms with E-state index < -0.39 is 0 Å². The highest BCUT2D eigenvalue weighted by molar-refractivity contribution is 5.83. The number of amides is 1. The number of aromatic nitrogens is 3. The first-order chi connectivity index (χ1) is 11.2. The molecule has 1 unspecified atom stereocenters. The molecule has 1 amide bonds. The second-order valence-corrected chi connectivity index (χ2v) is 6.25. The highest BCUT2D eigenvalue weighted by Crippen LogP contribution is 2.29. The number of aryl methyl sites for hydroxylation is 1. The predicted octanol–water partition coefficient (Wildman–Crippen LogP) is 3.01. The summed E-state index contributed by atoms with van der Waals surface area (Å²) in [5.74, 6) is 2.33. The third kappa shape index (κ3) is 3.44. The lowest BCUT2D eigenvalue weighted by Gasteiger charge is -2.33.